The first-order valence-corrected chi connectivity index (χ1v) is 8.78. The van der Waals surface area contributed by atoms with Crippen LogP contribution in [0, 0.1) is 0 Å². The molecule has 2 aromatic rings. The molecule has 0 spiro atoms. The number of rotatable bonds is 2. The van der Waals surface area contributed by atoms with Crippen molar-refractivity contribution in [1.82, 2.24) is 0 Å². The molecule has 1 aliphatic carbocycles. The van der Waals surface area contributed by atoms with Crippen LogP contribution in [0.4, 0.5) is 0 Å². The molecular weight excluding hydrogens is 292 g/mol. The van der Waals surface area contributed by atoms with Crippen LogP contribution in [0.15, 0.2) is 48.5 Å². The smallest absolute Gasteiger partial charge is 0.0639 e. The normalized spacial score (nSPS) is 22.1. The summed E-state index contributed by atoms with van der Waals surface area (Å²) in [7, 11) is 0. The third-order valence-corrected chi connectivity index (χ3v) is 5.62. The van der Waals surface area contributed by atoms with Crippen molar-refractivity contribution in [1.29, 1.82) is 0 Å². The summed E-state index contributed by atoms with van der Waals surface area (Å²) < 4.78 is 0. The summed E-state index contributed by atoms with van der Waals surface area (Å²) in [5.41, 5.74) is 6.15. The SMILES string of the molecule is C/C(=C\c1ccc2c(c1)C(C)(C)C(O)CC2(C)C)c1ccccc1. The Kier molecular flexibility index (Phi) is 4.17. The van der Waals surface area contributed by atoms with Gasteiger partial charge in [0, 0.05) is 5.41 Å². The zero-order valence-corrected chi connectivity index (χ0v) is 15.4. The Labute approximate surface area is 146 Å². The zero-order valence-electron chi connectivity index (χ0n) is 15.4. The maximum Gasteiger partial charge on any atom is 0.0639 e. The third kappa shape index (κ3) is 2.93. The van der Waals surface area contributed by atoms with Crippen LogP contribution in [0.25, 0.3) is 11.6 Å². The highest BCUT2D eigenvalue weighted by Crippen LogP contribution is 2.46. The fourth-order valence-electron chi connectivity index (χ4n) is 3.84. The Morgan fingerprint density at radius 2 is 1.67 bits per heavy atom. The van der Waals surface area contributed by atoms with E-state index in [1.165, 1.54) is 27.8 Å². The van der Waals surface area contributed by atoms with Gasteiger partial charge in [0.05, 0.1) is 6.10 Å². The Morgan fingerprint density at radius 3 is 2.33 bits per heavy atom. The number of fused-ring (bicyclic) bond motifs is 1. The largest absolute Gasteiger partial charge is 0.392 e. The van der Waals surface area contributed by atoms with E-state index in [2.05, 4.69) is 83.2 Å². The highest BCUT2D eigenvalue weighted by atomic mass is 16.3. The molecule has 0 heterocycles. The standard InChI is InChI=1S/C23H28O/c1-16(18-9-7-6-8-10-18)13-17-11-12-19-20(14-17)23(4,5)21(24)15-22(19,2)3/h6-14,21,24H,15H2,1-5H3/b16-13+. The lowest BCUT2D eigenvalue weighted by Gasteiger charge is -2.45. The minimum absolute atomic E-state index is 0.0149. The van der Waals surface area contributed by atoms with E-state index in [4.69, 9.17) is 0 Å². The van der Waals surface area contributed by atoms with Crippen molar-refractivity contribution in [2.45, 2.75) is 58.0 Å². The first-order valence-electron chi connectivity index (χ1n) is 8.78. The van der Waals surface area contributed by atoms with Crippen molar-refractivity contribution >= 4 is 11.6 Å². The number of allylic oxidation sites excluding steroid dienone is 1. The van der Waals surface area contributed by atoms with Crippen molar-refractivity contribution < 1.29 is 5.11 Å². The molecule has 1 nitrogen and oxygen atoms in total. The van der Waals surface area contributed by atoms with Crippen LogP contribution in [0.1, 0.15) is 63.3 Å². The predicted molar refractivity (Wildman–Crippen MR) is 103 cm³/mol. The van der Waals surface area contributed by atoms with Gasteiger partial charge < -0.3 is 5.11 Å². The molecule has 0 radical (unpaired) electrons. The van der Waals surface area contributed by atoms with Gasteiger partial charge in [-0.05, 0) is 46.6 Å². The molecule has 0 aromatic heterocycles. The van der Waals surface area contributed by atoms with E-state index in [0.717, 1.165) is 6.42 Å². The quantitative estimate of drug-likeness (QED) is 0.718. The van der Waals surface area contributed by atoms with Crippen molar-refractivity contribution in [2.24, 2.45) is 0 Å². The maximum absolute atomic E-state index is 10.7. The number of benzene rings is 2. The Morgan fingerprint density at radius 1 is 1.00 bits per heavy atom. The fraction of sp³-hybridized carbons (Fsp3) is 0.391. The summed E-state index contributed by atoms with van der Waals surface area (Å²) in [6.07, 6.45) is 2.74. The molecule has 3 rings (SSSR count). The van der Waals surface area contributed by atoms with Crippen LogP contribution in [-0.2, 0) is 10.8 Å². The highest BCUT2D eigenvalue weighted by molar-refractivity contribution is 5.80. The molecule has 24 heavy (non-hydrogen) atoms. The van der Waals surface area contributed by atoms with Gasteiger partial charge in [0.15, 0.2) is 0 Å². The molecule has 126 valence electrons. The number of aliphatic hydroxyl groups is 1. The molecule has 0 saturated carbocycles. The molecule has 1 aliphatic rings. The van der Waals surface area contributed by atoms with E-state index >= 15 is 0 Å². The number of hydrogen-bond acceptors (Lipinski definition) is 1. The second-order valence-electron chi connectivity index (χ2n) is 8.32. The van der Waals surface area contributed by atoms with E-state index in [-0.39, 0.29) is 16.9 Å². The van der Waals surface area contributed by atoms with Gasteiger partial charge >= 0.3 is 0 Å². The monoisotopic (exact) mass is 320 g/mol. The molecular formula is C23H28O. The Balaban J connectivity index is 2.07. The summed E-state index contributed by atoms with van der Waals surface area (Å²) >= 11 is 0. The lowest BCUT2D eigenvalue weighted by Crippen LogP contribution is -2.45. The first kappa shape index (κ1) is 17.0. The van der Waals surface area contributed by atoms with E-state index in [1.54, 1.807) is 0 Å². The van der Waals surface area contributed by atoms with Gasteiger partial charge in [-0.1, -0.05) is 82.3 Å². The van der Waals surface area contributed by atoms with Gasteiger partial charge in [-0.3, -0.25) is 0 Å². The minimum atomic E-state index is -0.311. The van der Waals surface area contributed by atoms with E-state index < -0.39 is 0 Å². The summed E-state index contributed by atoms with van der Waals surface area (Å²) in [6, 6.07) is 17.2. The fourth-order valence-corrected chi connectivity index (χ4v) is 3.84. The molecule has 1 N–H and O–H groups in total. The average Bonchev–Trinajstić information content (AvgIpc) is 2.54. The van der Waals surface area contributed by atoms with Crippen LogP contribution < -0.4 is 0 Å². The Bertz CT molecular complexity index is 766. The van der Waals surface area contributed by atoms with Crippen molar-refractivity contribution in [3.63, 3.8) is 0 Å². The molecule has 0 aliphatic heterocycles. The van der Waals surface area contributed by atoms with Crippen LogP contribution in [0.3, 0.4) is 0 Å². The highest BCUT2D eigenvalue weighted by Gasteiger charge is 2.43. The minimum Gasteiger partial charge on any atom is -0.392 e. The second kappa shape index (κ2) is 5.89. The van der Waals surface area contributed by atoms with Gasteiger partial charge in [-0.25, -0.2) is 0 Å². The van der Waals surface area contributed by atoms with Gasteiger partial charge in [0.2, 0.25) is 0 Å². The van der Waals surface area contributed by atoms with Gasteiger partial charge in [0.25, 0.3) is 0 Å². The summed E-state index contributed by atoms with van der Waals surface area (Å²) in [5.74, 6) is 0. The molecule has 1 unspecified atom stereocenters. The molecule has 0 amide bonds. The van der Waals surface area contributed by atoms with Crippen molar-refractivity contribution in [3.05, 3.63) is 70.8 Å². The first-order chi connectivity index (χ1) is 11.2. The van der Waals surface area contributed by atoms with Crippen molar-refractivity contribution in [2.75, 3.05) is 0 Å². The van der Waals surface area contributed by atoms with Crippen LogP contribution in [0.2, 0.25) is 0 Å². The van der Waals surface area contributed by atoms with E-state index in [9.17, 15) is 5.11 Å². The number of aliphatic hydroxyl groups excluding tert-OH is 1. The number of hydrogen-bond donors (Lipinski definition) is 1. The topological polar surface area (TPSA) is 20.2 Å². The van der Waals surface area contributed by atoms with Crippen LogP contribution >= 0.6 is 0 Å². The van der Waals surface area contributed by atoms with Gasteiger partial charge in [-0.2, -0.15) is 0 Å². The molecule has 1 heteroatoms. The molecule has 0 bridgehead atoms. The third-order valence-electron chi connectivity index (χ3n) is 5.62. The molecule has 0 saturated heterocycles. The zero-order chi connectivity index (χ0) is 17.5. The molecule has 0 fully saturated rings. The summed E-state index contributed by atoms with van der Waals surface area (Å²) in [4.78, 5) is 0. The lowest BCUT2D eigenvalue weighted by atomic mass is 9.61. The van der Waals surface area contributed by atoms with E-state index in [0.29, 0.717) is 0 Å². The Hall–Kier alpha value is -1.86. The maximum atomic E-state index is 10.7. The average molecular weight is 320 g/mol. The van der Waals surface area contributed by atoms with Crippen molar-refractivity contribution in [3.8, 4) is 0 Å². The van der Waals surface area contributed by atoms with Gasteiger partial charge in [-0.15, -0.1) is 0 Å². The molecule has 1 atom stereocenters. The van der Waals surface area contributed by atoms with Crippen LogP contribution in [-0.4, -0.2) is 11.2 Å². The van der Waals surface area contributed by atoms with Crippen LogP contribution in [0.5, 0.6) is 0 Å². The lowest BCUT2D eigenvalue weighted by molar-refractivity contribution is 0.0583. The summed E-state index contributed by atoms with van der Waals surface area (Å²) in [6.45, 7) is 10.9. The second-order valence-corrected chi connectivity index (χ2v) is 8.32. The van der Waals surface area contributed by atoms with Gasteiger partial charge in [0.1, 0.15) is 0 Å². The van der Waals surface area contributed by atoms with E-state index in [1.807, 2.05) is 6.07 Å². The predicted octanol–water partition coefficient (Wildman–Crippen LogP) is 5.57. The summed E-state index contributed by atoms with van der Waals surface area (Å²) in [5, 5.41) is 10.7. The molecule has 2 aromatic carbocycles.